The van der Waals surface area contributed by atoms with Gasteiger partial charge in [-0.1, -0.05) is 48.0 Å². The summed E-state index contributed by atoms with van der Waals surface area (Å²) in [6.45, 7) is 0.770. The van der Waals surface area contributed by atoms with Gasteiger partial charge in [0.1, 0.15) is 11.6 Å². The van der Waals surface area contributed by atoms with Crippen LogP contribution in [0.2, 0.25) is 5.02 Å². The molecule has 1 spiro atoms. The third-order valence-corrected chi connectivity index (χ3v) is 7.38. The predicted molar refractivity (Wildman–Crippen MR) is 122 cm³/mol. The number of carbonyl (C=O) groups is 3. The lowest BCUT2D eigenvalue weighted by molar-refractivity contribution is -0.143. The summed E-state index contributed by atoms with van der Waals surface area (Å²) in [5.41, 5.74) is -0.723. The monoisotopic (exact) mass is 471 g/mol. The molecule has 0 aromatic heterocycles. The summed E-state index contributed by atoms with van der Waals surface area (Å²) in [5, 5.41) is 9.86. The van der Waals surface area contributed by atoms with Gasteiger partial charge < -0.3 is 24.5 Å². The number of fused-ring (bicyclic) bond motifs is 2. The summed E-state index contributed by atoms with van der Waals surface area (Å²) in [6.07, 6.45) is 7.03. The van der Waals surface area contributed by atoms with Crippen LogP contribution in [-0.4, -0.2) is 83.7 Å². The molecule has 4 aliphatic heterocycles. The summed E-state index contributed by atoms with van der Waals surface area (Å²) in [6, 6.07) is 6.10. The number of likely N-dealkylation sites (N-methyl/N-ethyl adjacent to an activating group) is 1. The van der Waals surface area contributed by atoms with Crippen molar-refractivity contribution < 1.29 is 24.2 Å². The fourth-order valence-electron chi connectivity index (χ4n) is 5.63. The second-order valence-corrected chi connectivity index (χ2v) is 9.31. The van der Waals surface area contributed by atoms with Gasteiger partial charge in [0.15, 0.2) is 0 Å². The maximum atomic E-state index is 14.0. The van der Waals surface area contributed by atoms with Crippen molar-refractivity contribution in [3.8, 4) is 0 Å². The lowest BCUT2D eigenvalue weighted by Gasteiger charge is -2.35. The molecule has 4 heterocycles. The number of amides is 3. The van der Waals surface area contributed by atoms with E-state index in [1.807, 2.05) is 18.2 Å². The van der Waals surface area contributed by atoms with E-state index < -0.39 is 29.6 Å². The van der Waals surface area contributed by atoms with Crippen molar-refractivity contribution in [2.24, 2.45) is 11.8 Å². The van der Waals surface area contributed by atoms with Crippen LogP contribution in [0.15, 0.2) is 48.6 Å². The number of benzene rings is 1. The zero-order valence-corrected chi connectivity index (χ0v) is 19.0. The smallest absolute Gasteiger partial charge is 0.253 e. The van der Waals surface area contributed by atoms with Crippen molar-refractivity contribution in [3.63, 3.8) is 0 Å². The zero-order chi connectivity index (χ0) is 23.3. The van der Waals surface area contributed by atoms with Crippen LogP contribution in [0.1, 0.15) is 6.42 Å². The van der Waals surface area contributed by atoms with E-state index >= 15 is 0 Å². The number of anilines is 1. The number of likely N-dealkylation sites (tertiary alicyclic amines) is 1. The van der Waals surface area contributed by atoms with E-state index in [-0.39, 0.29) is 37.4 Å². The molecule has 1 unspecified atom stereocenters. The van der Waals surface area contributed by atoms with Gasteiger partial charge in [0.2, 0.25) is 11.8 Å². The van der Waals surface area contributed by atoms with Crippen molar-refractivity contribution in [1.29, 1.82) is 0 Å². The summed E-state index contributed by atoms with van der Waals surface area (Å²) >= 11 is 6.41. The third-order valence-electron chi connectivity index (χ3n) is 7.06. The second-order valence-electron chi connectivity index (χ2n) is 8.90. The fourth-order valence-corrected chi connectivity index (χ4v) is 5.87. The molecule has 1 N–H and O–H groups in total. The van der Waals surface area contributed by atoms with Crippen molar-refractivity contribution in [2.45, 2.75) is 24.2 Å². The van der Waals surface area contributed by atoms with Crippen LogP contribution in [0.5, 0.6) is 0 Å². The molecule has 9 heteroatoms. The highest BCUT2D eigenvalue weighted by Crippen LogP contribution is 2.53. The molecule has 33 heavy (non-hydrogen) atoms. The van der Waals surface area contributed by atoms with Gasteiger partial charge in [-0.15, -0.1) is 0 Å². The highest BCUT2D eigenvalue weighted by Gasteiger charge is 2.71. The Kier molecular flexibility index (Phi) is 5.55. The van der Waals surface area contributed by atoms with Crippen molar-refractivity contribution >= 4 is 35.0 Å². The lowest BCUT2D eigenvalue weighted by Crippen LogP contribution is -2.55. The van der Waals surface area contributed by atoms with Crippen LogP contribution in [0, 0.1) is 11.8 Å². The number of carbonyl (C=O) groups excluding carboxylic acids is 3. The highest BCUT2D eigenvalue weighted by atomic mass is 35.5. The van der Waals surface area contributed by atoms with Gasteiger partial charge in [-0.2, -0.15) is 0 Å². The van der Waals surface area contributed by atoms with Crippen LogP contribution < -0.4 is 4.90 Å². The standard InChI is InChI=1S/C24H26ClN3O5/c1-26-11-4-9-17-18(21(26)30)19-22(31)28(13-6-14-29)20-23(32)27(12-5-10-24(19,20)33-17)16-8-3-2-7-15(16)25/h2-5,7-10,17-20,29H,6,11-14H2,1H3/t17-,18+,19+,20?,24+/m1/s1. The summed E-state index contributed by atoms with van der Waals surface area (Å²) in [5.74, 6) is -2.32. The van der Waals surface area contributed by atoms with Crippen LogP contribution in [0.25, 0.3) is 0 Å². The summed E-state index contributed by atoms with van der Waals surface area (Å²) < 4.78 is 6.50. The Hall–Kier alpha value is -2.68. The minimum absolute atomic E-state index is 0.121. The summed E-state index contributed by atoms with van der Waals surface area (Å²) in [4.78, 5) is 45.7. The number of hydrogen-bond donors (Lipinski definition) is 1. The molecule has 1 aromatic rings. The van der Waals surface area contributed by atoms with E-state index in [1.165, 1.54) is 4.90 Å². The maximum Gasteiger partial charge on any atom is 0.253 e. The number of nitrogens with zero attached hydrogens (tertiary/aromatic N) is 3. The van der Waals surface area contributed by atoms with Gasteiger partial charge in [-0.25, -0.2) is 0 Å². The molecule has 0 saturated carbocycles. The molecule has 5 atom stereocenters. The third kappa shape index (κ3) is 3.23. The van der Waals surface area contributed by atoms with E-state index in [1.54, 1.807) is 47.2 Å². The molecule has 4 aliphatic rings. The van der Waals surface area contributed by atoms with E-state index in [4.69, 9.17) is 16.3 Å². The van der Waals surface area contributed by atoms with E-state index in [2.05, 4.69) is 0 Å². The van der Waals surface area contributed by atoms with E-state index in [0.717, 1.165) is 0 Å². The number of aliphatic hydroxyl groups excluding tert-OH is 1. The van der Waals surface area contributed by atoms with Crippen LogP contribution in [0.4, 0.5) is 5.69 Å². The molecule has 174 valence electrons. The molecular weight excluding hydrogens is 446 g/mol. The molecule has 2 saturated heterocycles. The SMILES string of the molecule is CN1CC=C[C@H]2O[C@]34C=CCN(c5ccccc5Cl)C(=O)C3N(CCCO)C(=O)[C@@H]4[C@H]2C1=O. The first-order valence-electron chi connectivity index (χ1n) is 11.1. The quantitative estimate of drug-likeness (QED) is 0.667. The normalized spacial score (nSPS) is 33.2. The van der Waals surface area contributed by atoms with Crippen LogP contribution in [-0.2, 0) is 19.1 Å². The number of rotatable bonds is 4. The predicted octanol–water partition coefficient (Wildman–Crippen LogP) is 1.23. The Bertz CT molecular complexity index is 1060. The molecule has 0 radical (unpaired) electrons. The number of para-hydroxylation sites is 1. The average molecular weight is 472 g/mol. The van der Waals surface area contributed by atoms with Crippen LogP contribution >= 0.6 is 11.6 Å². The largest absolute Gasteiger partial charge is 0.396 e. The molecule has 2 fully saturated rings. The maximum absolute atomic E-state index is 14.0. The molecule has 0 aliphatic carbocycles. The first-order chi connectivity index (χ1) is 15.9. The highest BCUT2D eigenvalue weighted by molar-refractivity contribution is 6.34. The molecule has 1 aromatic carbocycles. The molecule has 5 rings (SSSR count). The van der Waals surface area contributed by atoms with Crippen molar-refractivity contribution in [1.82, 2.24) is 9.80 Å². The Morgan fingerprint density at radius 3 is 2.67 bits per heavy atom. The molecular formula is C24H26ClN3O5. The minimum atomic E-state index is -1.27. The first kappa shape index (κ1) is 22.1. The lowest BCUT2D eigenvalue weighted by atomic mass is 9.77. The van der Waals surface area contributed by atoms with Gasteiger partial charge in [-0.3, -0.25) is 14.4 Å². The van der Waals surface area contributed by atoms with E-state index in [0.29, 0.717) is 23.7 Å². The topological polar surface area (TPSA) is 90.4 Å². The van der Waals surface area contributed by atoms with Crippen LogP contribution in [0.3, 0.4) is 0 Å². The van der Waals surface area contributed by atoms with Crippen molar-refractivity contribution in [3.05, 3.63) is 53.6 Å². The minimum Gasteiger partial charge on any atom is -0.396 e. The van der Waals surface area contributed by atoms with Gasteiger partial charge in [0, 0.05) is 33.3 Å². The number of ether oxygens (including phenoxy) is 1. The Morgan fingerprint density at radius 2 is 1.91 bits per heavy atom. The number of hydrogen-bond acceptors (Lipinski definition) is 5. The molecule has 3 amide bonds. The molecule has 8 nitrogen and oxygen atoms in total. The van der Waals surface area contributed by atoms with E-state index in [9.17, 15) is 19.5 Å². The van der Waals surface area contributed by atoms with Gasteiger partial charge in [-0.05, 0) is 18.6 Å². The first-order valence-corrected chi connectivity index (χ1v) is 11.5. The number of halogens is 1. The fraction of sp³-hybridized carbons (Fsp3) is 0.458. The second kappa shape index (κ2) is 8.27. The van der Waals surface area contributed by atoms with Gasteiger partial charge >= 0.3 is 0 Å². The Balaban J connectivity index is 1.63. The Morgan fingerprint density at radius 1 is 1.12 bits per heavy atom. The van der Waals surface area contributed by atoms with Gasteiger partial charge in [0.25, 0.3) is 5.91 Å². The average Bonchev–Trinajstić information content (AvgIpc) is 3.12. The Labute approximate surface area is 197 Å². The summed E-state index contributed by atoms with van der Waals surface area (Å²) in [7, 11) is 1.70. The zero-order valence-electron chi connectivity index (χ0n) is 18.3. The molecule has 0 bridgehead atoms. The number of aliphatic hydroxyl groups is 1. The van der Waals surface area contributed by atoms with Gasteiger partial charge in [0.05, 0.1) is 28.6 Å². The van der Waals surface area contributed by atoms with Crippen molar-refractivity contribution in [2.75, 3.05) is 38.2 Å².